The third-order valence-electron chi connectivity index (χ3n) is 9.03. The van der Waals surface area contributed by atoms with E-state index in [1.807, 2.05) is 13.8 Å². The second kappa shape index (κ2) is 6.69. The number of hydrogen-bond acceptors (Lipinski definition) is 5. The lowest BCUT2D eigenvalue weighted by atomic mass is 9.45. The van der Waals surface area contributed by atoms with Crippen LogP contribution in [-0.4, -0.2) is 34.6 Å². The van der Waals surface area contributed by atoms with Gasteiger partial charge in [-0.2, -0.15) is 0 Å². The molecular formula is C25H31FO5. The van der Waals surface area contributed by atoms with E-state index >= 15 is 4.39 Å². The Morgan fingerprint density at radius 1 is 1.23 bits per heavy atom. The zero-order valence-electron chi connectivity index (χ0n) is 18.9. The van der Waals surface area contributed by atoms with Gasteiger partial charge in [-0.1, -0.05) is 32.4 Å². The van der Waals surface area contributed by atoms with Crippen molar-refractivity contribution in [2.45, 2.75) is 78.0 Å². The SMILES string of the molecule is CCC(=O)OC1(C(C)=O)C(C)CC2C3CCC4=CC(=O)C=CC4(C)C3(F)C(=O)CC21C. The molecule has 0 spiro atoms. The highest BCUT2D eigenvalue weighted by Crippen LogP contribution is 2.70. The number of ether oxygens (including phenoxy) is 1. The monoisotopic (exact) mass is 430 g/mol. The highest BCUT2D eigenvalue weighted by atomic mass is 19.1. The van der Waals surface area contributed by atoms with Gasteiger partial charge in [0, 0.05) is 35.5 Å². The van der Waals surface area contributed by atoms with Crippen LogP contribution >= 0.6 is 0 Å². The number of alkyl halides is 1. The smallest absolute Gasteiger partial charge is 0.306 e. The summed E-state index contributed by atoms with van der Waals surface area (Å²) in [5.74, 6) is -2.72. The van der Waals surface area contributed by atoms with Crippen molar-refractivity contribution in [2.24, 2.45) is 28.6 Å². The van der Waals surface area contributed by atoms with Crippen molar-refractivity contribution in [1.29, 1.82) is 0 Å². The standard InChI is InChI=1S/C25H31FO5/c1-6-21(30)31-25(15(3)27)14(2)11-19-18-8-7-16-12-17(28)9-10-22(16,4)24(18,26)20(29)13-23(19,25)5/h9-10,12,14,18-19H,6-8,11,13H2,1-5H3. The van der Waals surface area contributed by atoms with Gasteiger partial charge in [-0.3, -0.25) is 19.2 Å². The van der Waals surface area contributed by atoms with Crippen LogP contribution in [0.2, 0.25) is 0 Å². The molecule has 0 N–H and O–H groups in total. The minimum atomic E-state index is -2.15. The maximum Gasteiger partial charge on any atom is 0.306 e. The normalized spacial score (nSPS) is 46.0. The summed E-state index contributed by atoms with van der Waals surface area (Å²) in [4.78, 5) is 50.9. The Morgan fingerprint density at radius 2 is 1.90 bits per heavy atom. The van der Waals surface area contributed by atoms with E-state index in [4.69, 9.17) is 4.74 Å². The molecule has 0 heterocycles. The Labute approximate surface area is 182 Å². The van der Waals surface area contributed by atoms with Gasteiger partial charge in [0.05, 0.1) is 0 Å². The van der Waals surface area contributed by atoms with E-state index in [9.17, 15) is 19.2 Å². The molecule has 0 aromatic heterocycles. The summed E-state index contributed by atoms with van der Waals surface area (Å²) in [5, 5.41) is 0. The van der Waals surface area contributed by atoms with Crippen molar-refractivity contribution < 1.29 is 28.3 Å². The summed E-state index contributed by atoms with van der Waals surface area (Å²) >= 11 is 0. The second-order valence-corrected chi connectivity index (χ2v) is 10.3. The Hall–Kier alpha value is -2.11. The molecule has 4 aliphatic carbocycles. The molecule has 7 unspecified atom stereocenters. The predicted molar refractivity (Wildman–Crippen MR) is 112 cm³/mol. The Bertz CT molecular complexity index is 950. The quantitative estimate of drug-likeness (QED) is 0.630. The van der Waals surface area contributed by atoms with Crippen LogP contribution in [-0.2, 0) is 23.9 Å². The van der Waals surface area contributed by atoms with Crippen LogP contribution in [0.4, 0.5) is 4.39 Å². The van der Waals surface area contributed by atoms with Crippen LogP contribution in [0.5, 0.6) is 0 Å². The topological polar surface area (TPSA) is 77.5 Å². The van der Waals surface area contributed by atoms with E-state index in [1.54, 1.807) is 19.9 Å². The molecule has 3 saturated carbocycles. The molecule has 7 atom stereocenters. The fourth-order valence-electron chi connectivity index (χ4n) is 7.55. The van der Waals surface area contributed by atoms with Crippen LogP contribution in [0.15, 0.2) is 23.8 Å². The van der Waals surface area contributed by atoms with Gasteiger partial charge in [0.15, 0.2) is 28.6 Å². The number of halogens is 1. The fourth-order valence-corrected chi connectivity index (χ4v) is 7.55. The van der Waals surface area contributed by atoms with Gasteiger partial charge in [-0.25, -0.2) is 4.39 Å². The summed E-state index contributed by atoms with van der Waals surface area (Å²) in [6, 6.07) is 0. The summed E-state index contributed by atoms with van der Waals surface area (Å²) < 4.78 is 22.9. The predicted octanol–water partition coefficient (Wildman–Crippen LogP) is 4.09. The van der Waals surface area contributed by atoms with E-state index in [2.05, 4.69) is 0 Å². The summed E-state index contributed by atoms with van der Waals surface area (Å²) in [6.07, 6.45) is 5.80. The average Bonchev–Trinajstić information content (AvgIpc) is 2.91. The summed E-state index contributed by atoms with van der Waals surface area (Å²) in [7, 11) is 0. The van der Waals surface area contributed by atoms with E-state index < -0.39 is 39.8 Å². The Balaban J connectivity index is 1.85. The van der Waals surface area contributed by atoms with Crippen LogP contribution in [0.1, 0.15) is 66.7 Å². The maximum absolute atomic E-state index is 17.0. The molecule has 0 amide bonds. The number of rotatable bonds is 3. The van der Waals surface area contributed by atoms with Gasteiger partial charge >= 0.3 is 5.97 Å². The molecule has 3 fully saturated rings. The van der Waals surface area contributed by atoms with Crippen molar-refractivity contribution in [2.75, 3.05) is 0 Å². The molecule has 31 heavy (non-hydrogen) atoms. The lowest BCUT2D eigenvalue weighted by Crippen LogP contribution is -2.68. The third-order valence-corrected chi connectivity index (χ3v) is 9.03. The molecule has 0 saturated heterocycles. The molecule has 5 nitrogen and oxygen atoms in total. The van der Waals surface area contributed by atoms with E-state index in [0.29, 0.717) is 24.8 Å². The first-order valence-corrected chi connectivity index (χ1v) is 11.3. The average molecular weight is 431 g/mol. The van der Waals surface area contributed by atoms with Crippen molar-refractivity contribution in [1.82, 2.24) is 0 Å². The van der Waals surface area contributed by atoms with Gasteiger partial charge in [0.1, 0.15) is 0 Å². The van der Waals surface area contributed by atoms with Crippen LogP contribution < -0.4 is 0 Å². The number of Topliss-reactive ketones (excluding diaryl/α,β-unsaturated/α-hetero) is 2. The molecule has 0 radical (unpaired) electrons. The number of carbonyl (C=O) groups excluding carboxylic acids is 4. The minimum Gasteiger partial charge on any atom is -0.450 e. The first-order chi connectivity index (χ1) is 14.4. The number of allylic oxidation sites excluding steroid dienone is 4. The van der Waals surface area contributed by atoms with Gasteiger partial charge in [-0.15, -0.1) is 0 Å². The molecule has 0 bridgehead atoms. The van der Waals surface area contributed by atoms with Gasteiger partial charge < -0.3 is 4.74 Å². The van der Waals surface area contributed by atoms with Gasteiger partial charge in [0.25, 0.3) is 0 Å². The van der Waals surface area contributed by atoms with Gasteiger partial charge in [0.2, 0.25) is 0 Å². The third kappa shape index (κ3) is 2.48. The first kappa shape index (κ1) is 22.1. The highest BCUT2D eigenvalue weighted by Gasteiger charge is 2.77. The number of fused-ring (bicyclic) bond motifs is 5. The van der Waals surface area contributed by atoms with Crippen molar-refractivity contribution in [3.63, 3.8) is 0 Å². The number of carbonyl (C=O) groups is 4. The molecule has 168 valence electrons. The minimum absolute atomic E-state index is 0.123. The number of esters is 1. The van der Waals surface area contributed by atoms with Crippen LogP contribution in [0, 0.1) is 28.6 Å². The van der Waals surface area contributed by atoms with Gasteiger partial charge in [-0.05, 0) is 51.2 Å². The van der Waals surface area contributed by atoms with Crippen molar-refractivity contribution in [3.05, 3.63) is 23.8 Å². The summed E-state index contributed by atoms with van der Waals surface area (Å²) in [5.41, 5.74) is -5.06. The molecule has 4 aliphatic rings. The van der Waals surface area contributed by atoms with Crippen LogP contribution in [0.25, 0.3) is 0 Å². The summed E-state index contributed by atoms with van der Waals surface area (Å²) in [6.45, 7) is 8.49. The Kier molecular flexibility index (Phi) is 4.77. The molecule has 4 rings (SSSR count). The van der Waals surface area contributed by atoms with Crippen molar-refractivity contribution >= 4 is 23.3 Å². The number of hydrogen-bond donors (Lipinski definition) is 0. The zero-order valence-corrected chi connectivity index (χ0v) is 18.9. The van der Waals surface area contributed by atoms with Crippen LogP contribution in [0.3, 0.4) is 0 Å². The maximum atomic E-state index is 17.0. The molecule has 0 aromatic rings. The van der Waals surface area contributed by atoms with E-state index in [0.717, 1.165) is 0 Å². The molecule has 0 aliphatic heterocycles. The second-order valence-electron chi connectivity index (χ2n) is 10.3. The van der Waals surface area contributed by atoms with E-state index in [-0.39, 0.29) is 36.2 Å². The largest absolute Gasteiger partial charge is 0.450 e. The van der Waals surface area contributed by atoms with E-state index in [1.165, 1.54) is 19.1 Å². The highest BCUT2D eigenvalue weighted by molar-refractivity contribution is 6.03. The Morgan fingerprint density at radius 3 is 2.52 bits per heavy atom. The molecule has 6 heteroatoms. The lowest BCUT2D eigenvalue weighted by Gasteiger charge is -2.59. The molecular weight excluding hydrogens is 399 g/mol. The first-order valence-electron chi connectivity index (χ1n) is 11.3. The fraction of sp³-hybridized carbons (Fsp3) is 0.680. The number of ketones is 3. The zero-order chi connectivity index (χ0) is 23.0. The molecule has 0 aromatic carbocycles. The van der Waals surface area contributed by atoms with Crippen molar-refractivity contribution in [3.8, 4) is 0 Å². The lowest BCUT2D eigenvalue weighted by molar-refractivity contribution is -0.201.